The van der Waals surface area contributed by atoms with E-state index < -0.39 is 0 Å². The van der Waals surface area contributed by atoms with E-state index in [1.165, 1.54) is 5.56 Å². The molecule has 3 heteroatoms. The van der Waals surface area contributed by atoms with Gasteiger partial charge < -0.3 is 9.64 Å². The zero-order valence-corrected chi connectivity index (χ0v) is 12.8. The van der Waals surface area contributed by atoms with Gasteiger partial charge in [-0.1, -0.05) is 37.3 Å². The molecule has 1 aliphatic heterocycles. The van der Waals surface area contributed by atoms with Crippen molar-refractivity contribution >= 4 is 5.91 Å². The molecule has 0 bridgehead atoms. The first-order chi connectivity index (χ1) is 9.54. The zero-order valence-electron chi connectivity index (χ0n) is 12.8. The van der Waals surface area contributed by atoms with Gasteiger partial charge in [-0.2, -0.15) is 0 Å². The number of rotatable bonds is 5. The van der Waals surface area contributed by atoms with Crippen molar-refractivity contribution in [2.75, 3.05) is 6.54 Å². The number of carbonyl (C=O) groups is 1. The van der Waals surface area contributed by atoms with E-state index >= 15 is 0 Å². The van der Waals surface area contributed by atoms with Crippen LogP contribution in [0.1, 0.15) is 45.6 Å². The molecule has 1 fully saturated rings. The van der Waals surface area contributed by atoms with Gasteiger partial charge in [-0.3, -0.25) is 4.79 Å². The quantitative estimate of drug-likeness (QED) is 0.824. The minimum Gasteiger partial charge on any atom is -0.369 e. The van der Waals surface area contributed by atoms with Crippen molar-refractivity contribution < 1.29 is 9.53 Å². The topological polar surface area (TPSA) is 29.5 Å². The van der Waals surface area contributed by atoms with Crippen LogP contribution in [0.25, 0.3) is 0 Å². The fraction of sp³-hybridized carbons (Fsp3) is 0.588. The second kappa shape index (κ2) is 6.40. The van der Waals surface area contributed by atoms with Crippen LogP contribution in [0, 0.1) is 0 Å². The van der Waals surface area contributed by atoms with Crippen LogP contribution in [0.5, 0.6) is 0 Å². The van der Waals surface area contributed by atoms with Crippen molar-refractivity contribution in [3.63, 3.8) is 0 Å². The normalized spacial score (nSPS) is 19.4. The average Bonchev–Trinajstić information content (AvgIpc) is 2.96. The first kappa shape index (κ1) is 15.0. The van der Waals surface area contributed by atoms with Gasteiger partial charge in [0, 0.05) is 13.0 Å². The maximum Gasteiger partial charge on any atom is 0.222 e. The largest absolute Gasteiger partial charge is 0.369 e. The molecule has 0 aliphatic carbocycles. The van der Waals surface area contributed by atoms with Crippen LogP contribution in [0.4, 0.5) is 0 Å². The number of likely N-dealkylation sites (tertiary alicyclic amines) is 1. The maximum atomic E-state index is 12.0. The van der Waals surface area contributed by atoms with Crippen LogP contribution in [0.3, 0.4) is 0 Å². The lowest BCUT2D eigenvalue weighted by atomic mass is 9.95. The molecular formula is C17H25NO2. The highest BCUT2D eigenvalue weighted by Gasteiger charge is 2.39. The molecule has 1 heterocycles. The van der Waals surface area contributed by atoms with E-state index in [9.17, 15) is 4.79 Å². The highest BCUT2D eigenvalue weighted by molar-refractivity contribution is 5.76. The molecule has 0 spiro atoms. The predicted octanol–water partition coefficient (Wildman–Crippen LogP) is 3.38. The Labute approximate surface area is 121 Å². The first-order valence-corrected chi connectivity index (χ1v) is 7.52. The summed E-state index contributed by atoms with van der Waals surface area (Å²) in [6.45, 7) is 7.59. The number of benzene rings is 1. The Hall–Kier alpha value is -1.35. The summed E-state index contributed by atoms with van der Waals surface area (Å²) in [6, 6.07) is 10.4. The van der Waals surface area contributed by atoms with E-state index in [-0.39, 0.29) is 17.6 Å². The summed E-state index contributed by atoms with van der Waals surface area (Å²) in [5, 5.41) is 0. The van der Waals surface area contributed by atoms with Gasteiger partial charge >= 0.3 is 0 Å². The molecule has 3 nitrogen and oxygen atoms in total. The van der Waals surface area contributed by atoms with Crippen molar-refractivity contribution in [1.82, 2.24) is 4.90 Å². The minimum absolute atomic E-state index is 0.193. The summed E-state index contributed by atoms with van der Waals surface area (Å²) in [5.74, 6) is 0.240. The molecule has 1 saturated heterocycles. The average molecular weight is 275 g/mol. The van der Waals surface area contributed by atoms with Gasteiger partial charge in [0.1, 0.15) is 0 Å². The summed E-state index contributed by atoms with van der Waals surface area (Å²) < 4.78 is 6.13. The molecule has 110 valence electrons. The maximum absolute atomic E-state index is 12.0. The third-order valence-corrected chi connectivity index (χ3v) is 4.13. The van der Waals surface area contributed by atoms with E-state index in [0.29, 0.717) is 13.0 Å². The van der Waals surface area contributed by atoms with Crippen molar-refractivity contribution in [2.24, 2.45) is 0 Å². The fourth-order valence-electron chi connectivity index (χ4n) is 2.93. The first-order valence-electron chi connectivity index (χ1n) is 7.52. The molecule has 0 saturated carbocycles. The molecule has 20 heavy (non-hydrogen) atoms. The van der Waals surface area contributed by atoms with Crippen LogP contribution < -0.4 is 0 Å². The van der Waals surface area contributed by atoms with Crippen LogP contribution >= 0.6 is 0 Å². The number of hydrogen-bond donors (Lipinski definition) is 0. The summed E-state index contributed by atoms with van der Waals surface area (Å²) >= 11 is 0. The predicted molar refractivity (Wildman–Crippen MR) is 80.3 cm³/mol. The van der Waals surface area contributed by atoms with Gasteiger partial charge in [0.15, 0.2) is 0 Å². The van der Waals surface area contributed by atoms with Crippen LogP contribution in [0.15, 0.2) is 30.3 Å². The number of nitrogens with zero attached hydrogens (tertiary/aromatic N) is 1. The van der Waals surface area contributed by atoms with Crippen molar-refractivity contribution in [2.45, 2.75) is 58.3 Å². The molecule has 1 aromatic rings. The number of carbonyl (C=O) groups excluding carboxylic acids is 1. The van der Waals surface area contributed by atoms with Gasteiger partial charge in [-0.25, -0.2) is 0 Å². The molecule has 0 aromatic heterocycles. The van der Waals surface area contributed by atoms with Crippen molar-refractivity contribution in [3.05, 3.63) is 35.9 Å². The van der Waals surface area contributed by atoms with E-state index in [1.54, 1.807) is 0 Å². The third kappa shape index (κ3) is 3.40. The van der Waals surface area contributed by atoms with E-state index in [4.69, 9.17) is 4.74 Å². The summed E-state index contributed by atoms with van der Waals surface area (Å²) in [7, 11) is 0. The van der Waals surface area contributed by atoms with Gasteiger partial charge in [-0.15, -0.1) is 0 Å². The second-order valence-electron chi connectivity index (χ2n) is 5.98. The number of ether oxygens (including phenoxy) is 1. The molecule has 0 unspecified atom stereocenters. The molecule has 1 amide bonds. The third-order valence-electron chi connectivity index (χ3n) is 4.13. The molecule has 1 aromatic carbocycles. The summed E-state index contributed by atoms with van der Waals surface area (Å²) in [5.41, 5.74) is 0.865. The minimum atomic E-state index is -0.308. The highest BCUT2D eigenvalue weighted by atomic mass is 16.5. The zero-order chi connectivity index (χ0) is 14.6. The molecule has 1 aliphatic rings. The summed E-state index contributed by atoms with van der Waals surface area (Å²) in [6.07, 6.45) is 2.69. The molecule has 0 radical (unpaired) electrons. The number of amides is 1. The fourth-order valence-corrected chi connectivity index (χ4v) is 2.93. The van der Waals surface area contributed by atoms with E-state index in [2.05, 4.69) is 26.0 Å². The highest BCUT2D eigenvalue weighted by Crippen LogP contribution is 2.30. The van der Waals surface area contributed by atoms with Gasteiger partial charge in [0.05, 0.1) is 18.2 Å². The Balaban J connectivity index is 2.00. The monoisotopic (exact) mass is 275 g/mol. The van der Waals surface area contributed by atoms with Crippen molar-refractivity contribution in [3.8, 4) is 0 Å². The van der Waals surface area contributed by atoms with Crippen LogP contribution in [-0.2, 0) is 16.1 Å². The van der Waals surface area contributed by atoms with Crippen LogP contribution in [0.2, 0.25) is 0 Å². The Morgan fingerprint density at radius 3 is 2.70 bits per heavy atom. The molecule has 2 rings (SSSR count). The van der Waals surface area contributed by atoms with Gasteiger partial charge in [0.25, 0.3) is 0 Å². The second-order valence-corrected chi connectivity index (χ2v) is 5.98. The van der Waals surface area contributed by atoms with Crippen molar-refractivity contribution in [1.29, 1.82) is 0 Å². The lowest BCUT2D eigenvalue weighted by Gasteiger charge is -2.37. The van der Waals surface area contributed by atoms with E-state index in [1.807, 2.05) is 30.0 Å². The van der Waals surface area contributed by atoms with Crippen LogP contribution in [-0.4, -0.2) is 29.0 Å². The molecule has 0 N–H and O–H groups in total. The Morgan fingerprint density at radius 2 is 2.05 bits per heavy atom. The SMILES string of the molecule is CCC(=O)N1CCC[C@H]1C(C)(C)OCc1ccccc1. The Kier molecular flexibility index (Phi) is 4.81. The lowest BCUT2D eigenvalue weighted by molar-refractivity contribution is -0.140. The smallest absolute Gasteiger partial charge is 0.222 e. The summed E-state index contributed by atoms with van der Waals surface area (Å²) in [4.78, 5) is 14.0. The standard InChI is InChI=1S/C17H25NO2/c1-4-16(19)18-12-8-11-15(18)17(2,3)20-13-14-9-6-5-7-10-14/h5-7,9-10,15H,4,8,11-13H2,1-3H3/t15-/m0/s1. The Bertz CT molecular complexity index is 442. The number of hydrogen-bond acceptors (Lipinski definition) is 2. The van der Waals surface area contributed by atoms with Gasteiger partial charge in [0.2, 0.25) is 5.91 Å². The molecular weight excluding hydrogens is 250 g/mol. The Morgan fingerprint density at radius 1 is 1.35 bits per heavy atom. The lowest BCUT2D eigenvalue weighted by Crippen LogP contribution is -2.49. The van der Waals surface area contributed by atoms with Gasteiger partial charge in [-0.05, 0) is 32.3 Å². The van der Waals surface area contributed by atoms with E-state index in [0.717, 1.165) is 19.4 Å². The molecule has 1 atom stereocenters.